The van der Waals surface area contributed by atoms with Gasteiger partial charge in [0.05, 0.1) is 5.39 Å². The Kier molecular flexibility index (Phi) is 3.72. The maximum atomic E-state index is 2.31. The van der Waals surface area contributed by atoms with Crippen LogP contribution in [-0.2, 0) is 7.05 Å². The van der Waals surface area contributed by atoms with Gasteiger partial charge in [-0.25, -0.2) is 4.57 Å². The van der Waals surface area contributed by atoms with E-state index in [1.807, 2.05) is 0 Å². The highest BCUT2D eigenvalue weighted by molar-refractivity contribution is 6.05. The molecule has 27 heavy (non-hydrogen) atoms. The molecule has 0 bridgehead atoms. The van der Waals surface area contributed by atoms with Gasteiger partial charge < -0.3 is 0 Å². The molecule has 0 amide bonds. The summed E-state index contributed by atoms with van der Waals surface area (Å²) >= 11 is 0. The molecule has 4 aromatic carbocycles. The van der Waals surface area contributed by atoms with Crippen molar-refractivity contribution in [1.82, 2.24) is 0 Å². The third kappa shape index (κ3) is 2.78. The van der Waals surface area contributed by atoms with E-state index in [1.54, 1.807) is 0 Å². The minimum absolute atomic E-state index is 1.24. The molecule has 0 fully saturated rings. The predicted molar refractivity (Wildman–Crippen MR) is 114 cm³/mol. The highest BCUT2D eigenvalue weighted by Gasteiger charge is 2.11. The molecule has 0 unspecified atom stereocenters. The molecule has 1 aromatic heterocycles. The molecule has 1 heteroatoms. The van der Waals surface area contributed by atoms with Crippen molar-refractivity contribution in [2.24, 2.45) is 7.05 Å². The molecular formula is C26H20N+. The first-order valence-corrected chi connectivity index (χ1v) is 9.27. The van der Waals surface area contributed by atoms with Crippen LogP contribution in [-0.4, -0.2) is 0 Å². The number of nitrogens with zero attached hydrogens (tertiary/aromatic N) is 1. The Hall–Kier alpha value is -3.45. The number of aromatic nitrogens is 1. The molecule has 0 saturated heterocycles. The molecule has 0 saturated carbocycles. The molecule has 5 rings (SSSR count). The number of benzene rings is 4. The summed E-state index contributed by atoms with van der Waals surface area (Å²) in [7, 11) is 2.11. The molecule has 0 atom stereocenters. The minimum Gasteiger partial charge on any atom is -0.200 e. The Labute approximate surface area is 159 Å². The fourth-order valence-corrected chi connectivity index (χ4v) is 3.86. The van der Waals surface area contributed by atoms with E-state index in [2.05, 4.69) is 115 Å². The first-order valence-electron chi connectivity index (χ1n) is 9.27. The second-order valence-corrected chi connectivity index (χ2v) is 7.00. The average Bonchev–Trinajstić information content (AvgIpc) is 2.74. The Morgan fingerprint density at radius 1 is 0.519 bits per heavy atom. The van der Waals surface area contributed by atoms with Gasteiger partial charge in [0, 0.05) is 16.8 Å². The van der Waals surface area contributed by atoms with Gasteiger partial charge in [-0.3, -0.25) is 0 Å². The van der Waals surface area contributed by atoms with E-state index in [4.69, 9.17) is 0 Å². The maximum absolute atomic E-state index is 2.31. The van der Waals surface area contributed by atoms with E-state index in [0.29, 0.717) is 0 Å². The van der Waals surface area contributed by atoms with Crippen LogP contribution in [0.1, 0.15) is 0 Å². The lowest BCUT2D eigenvalue weighted by Crippen LogP contribution is -2.28. The molecule has 0 aliphatic rings. The first kappa shape index (κ1) is 15.8. The molecule has 0 aliphatic carbocycles. The Morgan fingerprint density at radius 2 is 1.11 bits per heavy atom. The molecule has 0 aliphatic heterocycles. The van der Waals surface area contributed by atoms with Gasteiger partial charge in [0.25, 0.3) is 0 Å². The smallest absolute Gasteiger partial charge is 0.200 e. The molecule has 128 valence electrons. The van der Waals surface area contributed by atoms with Gasteiger partial charge >= 0.3 is 0 Å². The third-order valence-electron chi connectivity index (χ3n) is 5.29. The number of hydrogen-bond donors (Lipinski definition) is 0. The lowest BCUT2D eigenvalue weighted by molar-refractivity contribution is -0.643. The van der Waals surface area contributed by atoms with E-state index in [-0.39, 0.29) is 0 Å². The topological polar surface area (TPSA) is 3.88 Å². The zero-order valence-electron chi connectivity index (χ0n) is 15.3. The van der Waals surface area contributed by atoms with Gasteiger partial charge in [-0.05, 0) is 40.5 Å². The van der Waals surface area contributed by atoms with Crippen LogP contribution in [0, 0.1) is 0 Å². The van der Waals surface area contributed by atoms with E-state index in [0.717, 1.165) is 0 Å². The van der Waals surface area contributed by atoms with Crippen LogP contribution in [0.4, 0.5) is 0 Å². The molecule has 0 radical (unpaired) electrons. The number of rotatable bonds is 2. The molecule has 1 heterocycles. The van der Waals surface area contributed by atoms with Crippen molar-refractivity contribution in [1.29, 1.82) is 0 Å². The predicted octanol–water partition coefficient (Wildman–Crippen LogP) is 6.15. The van der Waals surface area contributed by atoms with Crippen LogP contribution in [0.5, 0.6) is 0 Å². The Morgan fingerprint density at radius 3 is 1.89 bits per heavy atom. The van der Waals surface area contributed by atoms with Crippen LogP contribution in [0.2, 0.25) is 0 Å². The van der Waals surface area contributed by atoms with Crippen LogP contribution in [0.25, 0.3) is 43.9 Å². The highest BCUT2D eigenvalue weighted by Crippen LogP contribution is 2.29. The van der Waals surface area contributed by atoms with E-state index in [1.165, 1.54) is 43.9 Å². The van der Waals surface area contributed by atoms with Gasteiger partial charge in [-0.15, -0.1) is 0 Å². The van der Waals surface area contributed by atoms with Gasteiger partial charge in [0.2, 0.25) is 5.52 Å². The Balaban J connectivity index is 1.64. The van der Waals surface area contributed by atoms with Crippen molar-refractivity contribution in [3.63, 3.8) is 0 Å². The third-order valence-corrected chi connectivity index (χ3v) is 5.29. The zero-order chi connectivity index (χ0) is 18.2. The quantitative estimate of drug-likeness (QED) is 0.266. The van der Waals surface area contributed by atoms with Crippen molar-refractivity contribution in [2.45, 2.75) is 0 Å². The number of aryl methyl sites for hydroxylation is 1. The van der Waals surface area contributed by atoms with E-state index >= 15 is 0 Å². The number of fused-ring (bicyclic) bond motifs is 3. The minimum atomic E-state index is 1.24. The standard InChI is InChI=1S/C26H20N/c1-27-18-23-9-5-6-10-24(23)25-17-22(15-16-26(25)27)21-13-11-20(12-14-21)19-7-3-2-4-8-19/h2-18H,1H3/q+1. The van der Waals surface area contributed by atoms with Crippen molar-refractivity contribution < 1.29 is 4.57 Å². The number of hydrogen-bond acceptors (Lipinski definition) is 0. The van der Waals surface area contributed by atoms with Gasteiger partial charge in [-0.1, -0.05) is 72.8 Å². The van der Waals surface area contributed by atoms with Crippen LogP contribution < -0.4 is 4.57 Å². The first-order chi connectivity index (χ1) is 13.3. The summed E-state index contributed by atoms with van der Waals surface area (Å²) in [5.41, 5.74) is 6.24. The van der Waals surface area contributed by atoms with Gasteiger partial charge in [0.15, 0.2) is 6.20 Å². The summed E-state index contributed by atoms with van der Waals surface area (Å²) in [5, 5.41) is 3.86. The van der Waals surface area contributed by atoms with E-state index < -0.39 is 0 Å². The molecule has 5 aromatic rings. The van der Waals surface area contributed by atoms with Crippen molar-refractivity contribution in [3.05, 3.63) is 103 Å². The SMILES string of the molecule is C[n+]1cc2ccccc2c2cc(-c3ccc(-c4ccccc4)cc3)ccc21. The summed E-state index contributed by atoms with van der Waals surface area (Å²) in [5.74, 6) is 0. The second kappa shape index (κ2) is 6.37. The lowest BCUT2D eigenvalue weighted by Gasteiger charge is -2.07. The summed E-state index contributed by atoms with van der Waals surface area (Å²) < 4.78 is 2.21. The average molecular weight is 346 g/mol. The summed E-state index contributed by atoms with van der Waals surface area (Å²) in [6, 6.07) is 34.7. The lowest BCUT2D eigenvalue weighted by atomic mass is 9.98. The van der Waals surface area contributed by atoms with Crippen molar-refractivity contribution in [3.8, 4) is 22.3 Å². The van der Waals surface area contributed by atoms with Gasteiger partial charge in [-0.2, -0.15) is 0 Å². The monoisotopic (exact) mass is 346 g/mol. The zero-order valence-corrected chi connectivity index (χ0v) is 15.3. The molecular weight excluding hydrogens is 326 g/mol. The van der Waals surface area contributed by atoms with Crippen molar-refractivity contribution >= 4 is 21.7 Å². The van der Waals surface area contributed by atoms with E-state index in [9.17, 15) is 0 Å². The van der Waals surface area contributed by atoms with Crippen LogP contribution in [0.3, 0.4) is 0 Å². The van der Waals surface area contributed by atoms with Crippen LogP contribution >= 0.6 is 0 Å². The summed E-state index contributed by atoms with van der Waals surface area (Å²) in [6.45, 7) is 0. The summed E-state index contributed by atoms with van der Waals surface area (Å²) in [6.07, 6.45) is 2.20. The van der Waals surface area contributed by atoms with Crippen molar-refractivity contribution in [2.75, 3.05) is 0 Å². The maximum Gasteiger partial charge on any atom is 0.212 e. The van der Waals surface area contributed by atoms with Gasteiger partial charge in [0.1, 0.15) is 7.05 Å². The number of pyridine rings is 1. The van der Waals surface area contributed by atoms with Crippen LogP contribution in [0.15, 0.2) is 103 Å². The fraction of sp³-hybridized carbons (Fsp3) is 0.0385. The Bertz CT molecular complexity index is 1250. The fourth-order valence-electron chi connectivity index (χ4n) is 3.86. The largest absolute Gasteiger partial charge is 0.212 e. The highest BCUT2D eigenvalue weighted by atomic mass is 14.9. The molecule has 0 spiro atoms. The normalized spacial score (nSPS) is 11.1. The molecule has 0 N–H and O–H groups in total. The molecule has 1 nitrogen and oxygen atoms in total. The summed E-state index contributed by atoms with van der Waals surface area (Å²) in [4.78, 5) is 0. The second-order valence-electron chi connectivity index (χ2n) is 7.00.